The molecule has 46 heavy (non-hydrogen) atoms. The molecule has 0 radical (unpaired) electrons. The van der Waals surface area contributed by atoms with Gasteiger partial charge in [0.2, 0.25) is 11.7 Å². The van der Waals surface area contributed by atoms with Crippen molar-refractivity contribution in [2.75, 3.05) is 79.2 Å². The van der Waals surface area contributed by atoms with Gasteiger partial charge in [0.05, 0.1) is 33.6 Å². The maximum absolute atomic E-state index is 14.0. The number of anilines is 1. The van der Waals surface area contributed by atoms with E-state index in [2.05, 4.69) is 35.8 Å². The van der Waals surface area contributed by atoms with Gasteiger partial charge in [-0.15, -0.1) is 11.8 Å². The molecular formula is C37H49N3O5S. The third-order valence-corrected chi connectivity index (χ3v) is 11.0. The summed E-state index contributed by atoms with van der Waals surface area (Å²) in [6, 6.07) is 20.4. The fourth-order valence-corrected chi connectivity index (χ4v) is 8.11. The third-order valence-electron chi connectivity index (χ3n) is 9.25. The minimum Gasteiger partial charge on any atom is -0.493 e. The standard InChI is InChI=1S/C37H49N3O5S/c1-27(2)37(36(41)38(3)30-14-8-10-16-34(30)46-37)29-13-7-9-15-31(29)45-24-12-11-18-39-20-22-40(23-21-39)19-17-28-25-32(42-4)35(44-6)33(26-28)43-5/h7-10,13-16,25-27H,11-12,17-24H2,1-6H3/t37-/m1/s1. The van der Waals surface area contributed by atoms with E-state index in [-0.39, 0.29) is 11.8 Å². The number of carbonyl (C=O) groups excluding carboxylic acids is 1. The second kappa shape index (κ2) is 15.5. The second-order valence-corrected chi connectivity index (χ2v) is 13.6. The predicted molar refractivity (Wildman–Crippen MR) is 186 cm³/mol. The summed E-state index contributed by atoms with van der Waals surface area (Å²) in [6.45, 7) is 11.2. The lowest BCUT2D eigenvalue weighted by Crippen LogP contribution is -2.49. The topological polar surface area (TPSA) is 63.7 Å². The molecule has 3 aromatic carbocycles. The van der Waals surface area contributed by atoms with E-state index in [0.717, 1.165) is 80.4 Å². The number of para-hydroxylation sites is 2. The van der Waals surface area contributed by atoms with E-state index >= 15 is 0 Å². The maximum atomic E-state index is 14.0. The molecule has 9 heteroatoms. The molecule has 1 atom stereocenters. The summed E-state index contributed by atoms with van der Waals surface area (Å²) in [5.41, 5.74) is 3.11. The van der Waals surface area contributed by atoms with Gasteiger partial charge in [-0.1, -0.05) is 44.2 Å². The average molecular weight is 648 g/mol. The number of hydrogen-bond donors (Lipinski definition) is 0. The van der Waals surface area contributed by atoms with Crippen LogP contribution < -0.4 is 23.8 Å². The van der Waals surface area contributed by atoms with Crippen molar-refractivity contribution < 1.29 is 23.7 Å². The molecule has 0 bridgehead atoms. The largest absolute Gasteiger partial charge is 0.493 e. The second-order valence-electron chi connectivity index (χ2n) is 12.3. The molecule has 1 amide bonds. The maximum Gasteiger partial charge on any atom is 0.248 e. The van der Waals surface area contributed by atoms with Gasteiger partial charge in [-0.25, -0.2) is 0 Å². The van der Waals surface area contributed by atoms with Gasteiger partial charge in [0, 0.05) is 50.2 Å². The van der Waals surface area contributed by atoms with Crippen LogP contribution in [0.2, 0.25) is 0 Å². The summed E-state index contributed by atoms with van der Waals surface area (Å²) in [4.78, 5) is 22.0. The number of benzene rings is 3. The van der Waals surface area contributed by atoms with Gasteiger partial charge in [0.1, 0.15) is 10.5 Å². The molecule has 1 saturated heterocycles. The fourth-order valence-electron chi connectivity index (χ4n) is 6.56. The van der Waals surface area contributed by atoms with Crippen molar-refractivity contribution in [3.8, 4) is 23.0 Å². The lowest BCUT2D eigenvalue weighted by atomic mass is 9.85. The summed E-state index contributed by atoms with van der Waals surface area (Å²) in [5.74, 6) is 3.02. The first kappa shape index (κ1) is 33.9. The van der Waals surface area contributed by atoms with Crippen LogP contribution in [0.1, 0.15) is 37.8 Å². The Morgan fingerprint density at radius 1 is 0.804 bits per heavy atom. The van der Waals surface area contributed by atoms with Crippen LogP contribution in [0.5, 0.6) is 23.0 Å². The monoisotopic (exact) mass is 647 g/mol. The zero-order chi connectivity index (χ0) is 32.7. The normalized spacial score (nSPS) is 18.8. The zero-order valence-electron chi connectivity index (χ0n) is 28.2. The molecule has 0 aromatic heterocycles. The van der Waals surface area contributed by atoms with E-state index in [4.69, 9.17) is 18.9 Å². The van der Waals surface area contributed by atoms with Crippen LogP contribution in [-0.4, -0.2) is 90.0 Å². The summed E-state index contributed by atoms with van der Waals surface area (Å²) < 4.78 is 22.2. The Kier molecular flexibility index (Phi) is 11.4. The number of unbranched alkanes of at least 4 members (excludes halogenated alkanes) is 1. The lowest BCUT2D eigenvalue weighted by molar-refractivity contribution is -0.122. The average Bonchev–Trinajstić information content (AvgIpc) is 3.08. The lowest BCUT2D eigenvalue weighted by Gasteiger charge is -2.44. The first-order chi connectivity index (χ1) is 22.3. The molecule has 8 nitrogen and oxygen atoms in total. The Labute approximate surface area is 278 Å². The number of rotatable bonds is 14. The smallest absolute Gasteiger partial charge is 0.248 e. The summed E-state index contributed by atoms with van der Waals surface area (Å²) in [5, 5.41) is 0. The number of hydrogen-bond acceptors (Lipinski definition) is 8. The predicted octanol–water partition coefficient (Wildman–Crippen LogP) is 6.35. The molecule has 248 valence electrons. The van der Waals surface area contributed by atoms with Crippen LogP contribution in [0.25, 0.3) is 0 Å². The number of nitrogens with zero attached hydrogens (tertiary/aromatic N) is 3. The molecule has 2 heterocycles. The Morgan fingerprint density at radius 3 is 2.09 bits per heavy atom. The highest BCUT2D eigenvalue weighted by atomic mass is 32.2. The number of fused-ring (bicyclic) bond motifs is 1. The number of carbonyl (C=O) groups is 1. The number of ether oxygens (including phenoxy) is 4. The van der Waals surface area contributed by atoms with Crippen LogP contribution in [-0.2, 0) is 16.0 Å². The summed E-state index contributed by atoms with van der Waals surface area (Å²) in [7, 11) is 6.83. The van der Waals surface area contributed by atoms with Gasteiger partial charge in [-0.3, -0.25) is 4.79 Å². The summed E-state index contributed by atoms with van der Waals surface area (Å²) >= 11 is 1.66. The number of likely N-dealkylation sites (N-methyl/N-ethyl adjacent to an activating group) is 1. The van der Waals surface area contributed by atoms with Gasteiger partial charge in [0.15, 0.2) is 11.5 Å². The Morgan fingerprint density at radius 2 is 1.43 bits per heavy atom. The van der Waals surface area contributed by atoms with E-state index in [1.807, 2.05) is 60.5 Å². The highest BCUT2D eigenvalue weighted by Crippen LogP contribution is 2.56. The van der Waals surface area contributed by atoms with Crippen molar-refractivity contribution >= 4 is 23.4 Å². The van der Waals surface area contributed by atoms with Gasteiger partial charge in [0.25, 0.3) is 0 Å². The Bertz CT molecular complexity index is 1450. The van der Waals surface area contributed by atoms with E-state index in [0.29, 0.717) is 23.9 Å². The minimum atomic E-state index is -0.745. The zero-order valence-corrected chi connectivity index (χ0v) is 29.0. The molecule has 2 aliphatic rings. The number of piperazine rings is 1. The van der Waals surface area contributed by atoms with Crippen molar-refractivity contribution in [1.29, 1.82) is 0 Å². The molecule has 0 unspecified atom stereocenters. The molecule has 1 fully saturated rings. The molecule has 0 saturated carbocycles. The van der Waals surface area contributed by atoms with Crippen molar-refractivity contribution in [1.82, 2.24) is 9.80 Å². The van der Waals surface area contributed by atoms with Gasteiger partial charge >= 0.3 is 0 Å². The van der Waals surface area contributed by atoms with Crippen LogP contribution in [0.3, 0.4) is 0 Å². The first-order valence-corrected chi connectivity index (χ1v) is 17.2. The highest BCUT2D eigenvalue weighted by molar-refractivity contribution is 8.01. The van der Waals surface area contributed by atoms with Crippen molar-refractivity contribution in [3.63, 3.8) is 0 Å². The molecule has 3 aromatic rings. The van der Waals surface area contributed by atoms with Gasteiger partial charge < -0.3 is 33.6 Å². The molecule has 0 aliphatic carbocycles. The third kappa shape index (κ3) is 7.11. The van der Waals surface area contributed by atoms with Crippen LogP contribution in [0, 0.1) is 5.92 Å². The van der Waals surface area contributed by atoms with Crippen LogP contribution in [0.15, 0.2) is 65.6 Å². The quantitative estimate of drug-likeness (QED) is 0.188. The Hall–Kier alpha value is -3.40. The molecular weight excluding hydrogens is 598 g/mol. The molecule has 0 N–H and O–H groups in total. The Balaban J connectivity index is 1.10. The fraction of sp³-hybridized carbons (Fsp3) is 0.486. The van der Waals surface area contributed by atoms with Crippen LogP contribution >= 0.6 is 11.8 Å². The SMILES string of the molecule is COc1cc(CCN2CCN(CCCCOc3ccccc3[C@@]3(C(C)C)Sc4ccccc4N(C)C3=O)CC2)cc(OC)c1OC. The van der Waals surface area contributed by atoms with Crippen LogP contribution in [0.4, 0.5) is 5.69 Å². The summed E-state index contributed by atoms with van der Waals surface area (Å²) in [6.07, 6.45) is 2.97. The van der Waals surface area contributed by atoms with Crippen molar-refractivity contribution in [2.24, 2.45) is 5.92 Å². The first-order valence-electron chi connectivity index (χ1n) is 16.3. The van der Waals surface area contributed by atoms with Crippen molar-refractivity contribution in [2.45, 2.75) is 42.8 Å². The van der Waals surface area contributed by atoms with Crippen molar-refractivity contribution in [3.05, 3.63) is 71.8 Å². The van der Waals surface area contributed by atoms with E-state index in [1.54, 1.807) is 33.1 Å². The molecule has 5 rings (SSSR count). The van der Waals surface area contributed by atoms with Gasteiger partial charge in [-0.2, -0.15) is 0 Å². The van der Waals surface area contributed by atoms with Gasteiger partial charge in [-0.05, 0) is 67.6 Å². The minimum absolute atomic E-state index is 0.0751. The number of thioether (sulfide) groups is 1. The molecule has 2 aliphatic heterocycles. The van der Waals surface area contributed by atoms with E-state index in [1.165, 1.54) is 5.56 Å². The number of methoxy groups -OCH3 is 3. The highest BCUT2D eigenvalue weighted by Gasteiger charge is 2.51. The number of amides is 1. The van der Waals surface area contributed by atoms with E-state index < -0.39 is 4.75 Å². The molecule has 0 spiro atoms. The van der Waals surface area contributed by atoms with E-state index in [9.17, 15) is 4.79 Å².